The maximum absolute atomic E-state index is 13.2. The van der Waals surface area contributed by atoms with Gasteiger partial charge in [-0.25, -0.2) is 8.78 Å². The minimum atomic E-state index is -0.404. The zero-order chi connectivity index (χ0) is 19.0. The van der Waals surface area contributed by atoms with Crippen molar-refractivity contribution in [3.63, 3.8) is 0 Å². The Bertz CT molecular complexity index is 951. The van der Waals surface area contributed by atoms with Crippen molar-refractivity contribution in [3.8, 4) is 11.5 Å². The number of hydrogen-bond acceptors (Lipinski definition) is 4. The lowest BCUT2D eigenvalue weighted by Gasteiger charge is -2.36. The van der Waals surface area contributed by atoms with E-state index < -0.39 is 5.82 Å². The molecule has 1 saturated heterocycles. The zero-order valence-corrected chi connectivity index (χ0v) is 14.7. The van der Waals surface area contributed by atoms with Crippen molar-refractivity contribution in [3.05, 3.63) is 59.6 Å². The van der Waals surface area contributed by atoms with E-state index in [-0.39, 0.29) is 29.5 Å². The van der Waals surface area contributed by atoms with Crippen molar-refractivity contribution in [1.29, 1.82) is 0 Å². The monoisotopic (exact) mass is 372 g/mol. The molecule has 0 spiro atoms. The van der Waals surface area contributed by atoms with E-state index >= 15 is 0 Å². The van der Waals surface area contributed by atoms with Gasteiger partial charge in [-0.3, -0.25) is 4.79 Å². The Kier molecular flexibility index (Phi) is 4.47. The van der Waals surface area contributed by atoms with E-state index in [9.17, 15) is 13.6 Å². The fourth-order valence-electron chi connectivity index (χ4n) is 3.36. The number of carbonyl (C=O) groups is 1. The second kappa shape index (κ2) is 6.94. The first-order valence-corrected chi connectivity index (χ1v) is 8.75. The molecule has 8 heteroatoms. The Morgan fingerprint density at radius 1 is 1.22 bits per heavy atom. The second-order valence-corrected chi connectivity index (χ2v) is 6.78. The highest BCUT2D eigenvalue weighted by atomic mass is 19.1. The maximum atomic E-state index is 13.2. The highest BCUT2D eigenvalue weighted by molar-refractivity contribution is 5.94. The summed E-state index contributed by atoms with van der Waals surface area (Å²) in [7, 11) is 0. The number of halogens is 2. The number of carbonyl (C=O) groups excluding carboxylic acids is 1. The van der Waals surface area contributed by atoms with Gasteiger partial charge in [-0.15, -0.1) is 0 Å². The normalized spacial score (nSPS) is 20.0. The van der Waals surface area contributed by atoms with E-state index in [1.807, 2.05) is 6.92 Å². The number of hydrogen-bond donors (Lipinski definition) is 1. The van der Waals surface area contributed by atoms with Gasteiger partial charge in [-0.2, -0.15) is 4.98 Å². The van der Waals surface area contributed by atoms with E-state index in [0.29, 0.717) is 23.7 Å². The van der Waals surface area contributed by atoms with Gasteiger partial charge in [-0.05, 0) is 44.0 Å². The van der Waals surface area contributed by atoms with E-state index in [1.54, 1.807) is 4.90 Å². The highest BCUT2D eigenvalue weighted by Gasteiger charge is 2.33. The fraction of sp³-hybridized carbons (Fsp3) is 0.316. The first-order chi connectivity index (χ1) is 13.0. The minimum Gasteiger partial charge on any atom is -0.356 e. The van der Waals surface area contributed by atoms with E-state index in [4.69, 9.17) is 4.52 Å². The van der Waals surface area contributed by atoms with Gasteiger partial charge in [0.05, 0.1) is 11.6 Å². The standard InChI is InChI=1S/C19H18F2N4O2/c1-11-2-3-13(10-25(11)19(26)12-4-6-14(20)7-5-12)18-23-17(24-27-18)16-8-15(21)9-22-16/h4-9,11,13,22H,2-3,10H2,1H3/t11-,13+/m1/s1. The number of aromatic amines is 1. The summed E-state index contributed by atoms with van der Waals surface area (Å²) >= 11 is 0. The molecule has 4 rings (SSSR count). The van der Waals surface area contributed by atoms with E-state index in [2.05, 4.69) is 15.1 Å². The van der Waals surface area contributed by atoms with Crippen molar-refractivity contribution < 1.29 is 18.1 Å². The van der Waals surface area contributed by atoms with Crippen LogP contribution in [0.15, 0.2) is 41.1 Å². The number of nitrogens with one attached hydrogen (secondary N) is 1. The molecule has 0 aliphatic carbocycles. The largest absolute Gasteiger partial charge is 0.356 e. The van der Waals surface area contributed by atoms with E-state index in [1.165, 1.54) is 36.5 Å². The summed E-state index contributed by atoms with van der Waals surface area (Å²) < 4.78 is 31.6. The Balaban J connectivity index is 1.53. The van der Waals surface area contributed by atoms with Gasteiger partial charge in [-0.1, -0.05) is 5.16 Å². The SMILES string of the molecule is C[C@@H]1CC[C@H](c2nc(-c3cc(F)c[nH]3)no2)CN1C(=O)c1ccc(F)cc1. The molecule has 6 nitrogen and oxygen atoms in total. The fourth-order valence-corrected chi connectivity index (χ4v) is 3.36. The zero-order valence-electron chi connectivity index (χ0n) is 14.7. The molecular weight excluding hydrogens is 354 g/mol. The second-order valence-electron chi connectivity index (χ2n) is 6.78. The van der Waals surface area contributed by atoms with Gasteiger partial charge in [0.25, 0.3) is 5.91 Å². The third-order valence-corrected chi connectivity index (χ3v) is 4.91. The van der Waals surface area contributed by atoms with Crippen LogP contribution in [0.3, 0.4) is 0 Å². The Labute approximate surface area is 154 Å². The number of amides is 1. The van der Waals surface area contributed by atoms with Crippen LogP contribution in [0.1, 0.15) is 41.9 Å². The van der Waals surface area contributed by atoms with Crippen molar-refractivity contribution in [2.45, 2.75) is 31.7 Å². The van der Waals surface area contributed by atoms with Crippen LogP contribution < -0.4 is 0 Å². The van der Waals surface area contributed by atoms with Crippen LogP contribution in [0, 0.1) is 11.6 Å². The van der Waals surface area contributed by atoms with Gasteiger partial charge in [0.1, 0.15) is 11.6 Å². The smallest absolute Gasteiger partial charge is 0.254 e. The van der Waals surface area contributed by atoms with Crippen LogP contribution in [0.2, 0.25) is 0 Å². The number of aromatic nitrogens is 3. The number of H-pyrrole nitrogens is 1. The lowest BCUT2D eigenvalue weighted by molar-refractivity contribution is 0.0593. The average Bonchev–Trinajstić information content (AvgIpc) is 3.31. The molecule has 2 aromatic heterocycles. The molecule has 1 aromatic carbocycles. The molecule has 1 aliphatic rings. The first kappa shape index (κ1) is 17.4. The predicted octanol–water partition coefficient (Wildman–Crippen LogP) is 3.75. The molecule has 1 amide bonds. The summed E-state index contributed by atoms with van der Waals surface area (Å²) in [5.74, 6) is -0.341. The van der Waals surface area contributed by atoms with Crippen molar-refractivity contribution in [1.82, 2.24) is 20.0 Å². The summed E-state index contributed by atoms with van der Waals surface area (Å²) in [5.41, 5.74) is 0.878. The van der Waals surface area contributed by atoms with Gasteiger partial charge in [0.2, 0.25) is 11.7 Å². The Hall–Kier alpha value is -3.03. The van der Waals surface area contributed by atoms with Crippen LogP contribution in [-0.4, -0.2) is 38.5 Å². The molecule has 3 aromatic rings. The summed E-state index contributed by atoms with van der Waals surface area (Å²) in [4.78, 5) is 21.7. The molecule has 0 radical (unpaired) electrons. The topological polar surface area (TPSA) is 75.0 Å². The average molecular weight is 372 g/mol. The van der Waals surface area contributed by atoms with Gasteiger partial charge in [0.15, 0.2) is 0 Å². The van der Waals surface area contributed by atoms with Crippen molar-refractivity contribution >= 4 is 5.91 Å². The molecule has 140 valence electrons. The van der Waals surface area contributed by atoms with Gasteiger partial charge < -0.3 is 14.4 Å². The first-order valence-electron chi connectivity index (χ1n) is 8.75. The highest BCUT2D eigenvalue weighted by Crippen LogP contribution is 2.31. The Morgan fingerprint density at radius 2 is 2.00 bits per heavy atom. The lowest BCUT2D eigenvalue weighted by Crippen LogP contribution is -2.44. The molecule has 0 bridgehead atoms. The van der Waals surface area contributed by atoms with E-state index in [0.717, 1.165) is 12.8 Å². The summed E-state index contributed by atoms with van der Waals surface area (Å²) in [6.07, 6.45) is 2.80. The van der Waals surface area contributed by atoms with Gasteiger partial charge >= 0.3 is 0 Å². The lowest BCUT2D eigenvalue weighted by atomic mass is 9.92. The molecule has 1 fully saturated rings. The van der Waals surface area contributed by atoms with Crippen LogP contribution in [-0.2, 0) is 0 Å². The van der Waals surface area contributed by atoms with Gasteiger partial charge in [0, 0.05) is 30.4 Å². The van der Waals surface area contributed by atoms with Crippen molar-refractivity contribution in [2.24, 2.45) is 0 Å². The predicted molar refractivity (Wildman–Crippen MR) is 92.9 cm³/mol. The summed E-state index contributed by atoms with van der Waals surface area (Å²) in [5, 5.41) is 3.90. The molecule has 0 saturated carbocycles. The molecule has 27 heavy (non-hydrogen) atoms. The number of nitrogens with zero attached hydrogens (tertiary/aromatic N) is 3. The third kappa shape index (κ3) is 3.47. The number of piperidine rings is 1. The van der Waals surface area contributed by atoms with Crippen LogP contribution in [0.4, 0.5) is 8.78 Å². The molecule has 1 aliphatic heterocycles. The number of rotatable bonds is 3. The summed E-state index contributed by atoms with van der Waals surface area (Å²) in [6, 6.07) is 6.87. The van der Waals surface area contributed by atoms with Crippen LogP contribution in [0.25, 0.3) is 11.5 Å². The molecule has 2 atom stereocenters. The van der Waals surface area contributed by atoms with Crippen molar-refractivity contribution in [2.75, 3.05) is 6.54 Å². The quantitative estimate of drug-likeness (QED) is 0.760. The molecular formula is C19H18F2N4O2. The molecule has 3 heterocycles. The molecule has 1 N–H and O–H groups in total. The van der Waals surface area contributed by atoms with Crippen LogP contribution in [0.5, 0.6) is 0 Å². The third-order valence-electron chi connectivity index (χ3n) is 4.91. The van der Waals surface area contributed by atoms with Crippen LogP contribution >= 0.6 is 0 Å². The minimum absolute atomic E-state index is 0.0543. The summed E-state index contributed by atoms with van der Waals surface area (Å²) in [6.45, 7) is 2.41. The number of benzene rings is 1. The maximum Gasteiger partial charge on any atom is 0.254 e. The Morgan fingerprint density at radius 3 is 2.70 bits per heavy atom. The number of likely N-dealkylation sites (tertiary alicyclic amines) is 1. The molecule has 0 unspecified atom stereocenters.